The zero-order valence-electron chi connectivity index (χ0n) is 21.0. The van der Waals surface area contributed by atoms with E-state index in [1.165, 1.54) is 21.3 Å². The lowest BCUT2D eigenvalue weighted by Crippen LogP contribution is -2.35. The first-order valence-electron chi connectivity index (χ1n) is 12.2. The van der Waals surface area contributed by atoms with Crippen LogP contribution in [0.5, 0.6) is 17.2 Å². The van der Waals surface area contributed by atoms with E-state index >= 15 is 0 Å². The van der Waals surface area contributed by atoms with Crippen LogP contribution in [0.3, 0.4) is 0 Å². The molecule has 0 spiro atoms. The number of methoxy groups -OCH3 is 3. The molecule has 2 aromatic carbocycles. The molecule has 3 amide bonds. The van der Waals surface area contributed by atoms with Gasteiger partial charge >= 0.3 is 0 Å². The molecular formula is C27H33N3O6. The first-order chi connectivity index (χ1) is 17.5. The molecule has 9 heteroatoms. The summed E-state index contributed by atoms with van der Waals surface area (Å²) in [4.78, 5) is 41.7. The first kappa shape index (κ1) is 25.3. The number of nitrogens with one attached hydrogen (secondary N) is 1. The number of rotatable bonds is 11. The highest BCUT2D eigenvalue weighted by Gasteiger charge is 2.35. The molecule has 2 aliphatic rings. The Morgan fingerprint density at radius 3 is 2.39 bits per heavy atom. The molecule has 1 fully saturated rings. The zero-order chi connectivity index (χ0) is 25.7. The molecule has 2 heterocycles. The van der Waals surface area contributed by atoms with Gasteiger partial charge in [0.05, 0.1) is 33.8 Å². The third-order valence-electron chi connectivity index (χ3n) is 6.77. The van der Waals surface area contributed by atoms with Crippen molar-refractivity contribution in [2.75, 3.05) is 41.0 Å². The minimum Gasteiger partial charge on any atom is -0.493 e. The summed E-state index contributed by atoms with van der Waals surface area (Å²) in [6, 6.07) is 10.5. The average Bonchev–Trinajstić information content (AvgIpc) is 3.46. The van der Waals surface area contributed by atoms with Crippen LogP contribution in [0.1, 0.15) is 53.2 Å². The van der Waals surface area contributed by atoms with Crippen molar-refractivity contribution in [3.05, 3.63) is 53.1 Å². The summed E-state index contributed by atoms with van der Waals surface area (Å²) in [6.07, 6.45) is 2.25. The van der Waals surface area contributed by atoms with Crippen molar-refractivity contribution in [3.8, 4) is 17.2 Å². The molecule has 1 N–H and O–H groups in total. The topological polar surface area (TPSA) is 97.4 Å². The number of fused-ring (bicyclic) bond motifs is 1. The summed E-state index contributed by atoms with van der Waals surface area (Å²) < 4.78 is 16.5. The van der Waals surface area contributed by atoms with Crippen molar-refractivity contribution < 1.29 is 28.6 Å². The van der Waals surface area contributed by atoms with Gasteiger partial charge in [0.2, 0.25) is 17.6 Å². The molecule has 0 radical (unpaired) electrons. The molecule has 1 saturated heterocycles. The van der Waals surface area contributed by atoms with Crippen molar-refractivity contribution >= 4 is 17.7 Å². The Bertz CT molecular complexity index is 1110. The normalized spacial score (nSPS) is 15.6. The molecule has 2 aromatic rings. The van der Waals surface area contributed by atoms with Crippen LogP contribution in [0.4, 0.5) is 0 Å². The van der Waals surface area contributed by atoms with Crippen molar-refractivity contribution in [1.82, 2.24) is 15.1 Å². The van der Waals surface area contributed by atoms with Crippen LogP contribution in [0.25, 0.3) is 0 Å². The Kier molecular flexibility index (Phi) is 7.97. The highest BCUT2D eigenvalue weighted by atomic mass is 16.5. The van der Waals surface area contributed by atoms with E-state index in [0.29, 0.717) is 60.9 Å². The van der Waals surface area contributed by atoms with Gasteiger partial charge in [-0.15, -0.1) is 0 Å². The van der Waals surface area contributed by atoms with E-state index in [1.54, 1.807) is 17.0 Å². The third-order valence-corrected chi connectivity index (χ3v) is 6.77. The Hall–Kier alpha value is -3.75. The van der Waals surface area contributed by atoms with Crippen LogP contribution >= 0.6 is 0 Å². The lowest BCUT2D eigenvalue weighted by Gasteiger charge is -2.29. The lowest BCUT2D eigenvalue weighted by atomic mass is 10.00. The van der Waals surface area contributed by atoms with Crippen molar-refractivity contribution in [3.63, 3.8) is 0 Å². The molecule has 0 aromatic heterocycles. The lowest BCUT2D eigenvalue weighted by molar-refractivity contribution is -0.127. The van der Waals surface area contributed by atoms with E-state index in [1.807, 2.05) is 29.2 Å². The van der Waals surface area contributed by atoms with Crippen LogP contribution < -0.4 is 19.5 Å². The van der Waals surface area contributed by atoms with E-state index < -0.39 is 6.04 Å². The maximum Gasteiger partial charge on any atom is 0.255 e. The SMILES string of the molecule is COc1cc(C(CC(=O)NCCCN2CCCC2=O)N2Cc3ccccc3C2=O)cc(OC)c1OC. The number of nitrogens with zero attached hydrogens (tertiary/aromatic N) is 2. The summed E-state index contributed by atoms with van der Waals surface area (Å²) in [7, 11) is 4.59. The molecular weight excluding hydrogens is 462 g/mol. The van der Waals surface area contributed by atoms with Gasteiger partial charge in [0.1, 0.15) is 0 Å². The van der Waals surface area contributed by atoms with Crippen molar-refractivity contribution in [1.29, 1.82) is 0 Å². The van der Waals surface area contributed by atoms with Crippen LogP contribution in [-0.4, -0.2) is 68.5 Å². The fourth-order valence-electron chi connectivity index (χ4n) is 4.92. The van der Waals surface area contributed by atoms with Crippen molar-refractivity contribution in [2.24, 2.45) is 0 Å². The number of ether oxygens (including phenoxy) is 3. The molecule has 1 atom stereocenters. The second kappa shape index (κ2) is 11.3. The summed E-state index contributed by atoms with van der Waals surface area (Å²) in [6.45, 7) is 2.28. The number of hydrogen-bond acceptors (Lipinski definition) is 6. The van der Waals surface area contributed by atoms with Gasteiger partial charge in [-0.3, -0.25) is 14.4 Å². The van der Waals surface area contributed by atoms with Gasteiger partial charge in [-0.05, 0) is 42.2 Å². The predicted molar refractivity (Wildman–Crippen MR) is 133 cm³/mol. The quantitative estimate of drug-likeness (QED) is 0.482. The second-order valence-electron chi connectivity index (χ2n) is 8.96. The monoisotopic (exact) mass is 495 g/mol. The maximum atomic E-state index is 13.3. The average molecular weight is 496 g/mol. The van der Waals surface area contributed by atoms with Crippen molar-refractivity contribution in [2.45, 2.75) is 38.3 Å². The van der Waals surface area contributed by atoms with E-state index in [4.69, 9.17) is 14.2 Å². The molecule has 9 nitrogen and oxygen atoms in total. The Morgan fingerprint density at radius 1 is 1.06 bits per heavy atom. The van der Waals surface area contributed by atoms with Gasteiger partial charge in [0, 0.05) is 38.2 Å². The summed E-state index contributed by atoms with van der Waals surface area (Å²) in [5.41, 5.74) is 2.28. The fraction of sp³-hybridized carbons (Fsp3) is 0.444. The summed E-state index contributed by atoms with van der Waals surface area (Å²) in [5.74, 6) is 1.23. The fourth-order valence-corrected chi connectivity index (χ4v) is 4.92. The van der Waals surface area contributed by atoms with E-state index in [0.717, 1.165) is 18.5 Å². The van der Waals surface area contributed by atoms with Crippen LogP contribution in [-0.2, 0) is 16.1 Å². The molecule has 0 aliphatic carbocycles. The van der Waals surface area contributed by atoms with Gasteiger partial charge in [-0.2, -0.15) is 0 Å². The van der Waals surface area contributed by atoms with E-state index in [-0.39, 0.29) is 24.1 Å². The second-order valence-corrected chi connectivity index (χ2v) is 8.96. The Morgan fingerprint density at radius 2 is 1.78 bits per heavy atom. The first-order valence-corrected chi connectivity index (χ1v) is 12.2. The molecule has 36 heavy (non-hydrogen) atoms. The number of benzene rings is 2. The van der Waals surface area contributed by atoms with Crippen LogP contribution in [0, 0.1) is 0 Å². The van der Waals surface area contributed by atoms with E-state index in [2.05, 4.69) is 5.32 Å². The highest BCUT2D eigenvalue weighted by Crippen LogP contribution is 2.42. The summed E-state index contributed by atoms with van der Waals surface area (Å²) >= 11 is 0. The summed E-state index contributed by atoms with van der Waals surface area (Å²) in [5, 5.41) is 2.96. The van der Waals surface area contributed by atoms with Gasteiger partial charge in [-0.25, -0.2) is 0 Å². The molecule has 192 valence electrons. The minimum atomic E-state index is -0.543. The third kappa shape index (κ3) is 5.24. The molecule has 2 aliphatic heterocycles. The number of carbonyl (C=O) groups is 3. The van der Waals surface area contributed by atoms with Gasteiger partial charge in [-0.1, -0.05) is 18.2 Å². The zero-order valence-corrected chi connectivity index (χ0v) is 21.0. The molecule has 4 rings (SSSR count). The van der Waals surface area contributed by atoms with Gasteiger partial charge in [0.15, 0.2) is 11.5 Å². The molecule has 1 unspecified atom stereocenters. The van der Waals surface area contributed by atoms with Crippen LogP contribution in [0.15, 0.2) is 36.4 Å². The smallest absolute Gasteiger partial charge is 0.255 e. The number of amides is 3. The van der Waals surface area contributed by atoms with Crippen LogP contribution in [0.2, 0.25) is 0 Å². The largest absolute Gasteiger partial charge is 0.493 e. The van der Waals surface area contributed by atoms with E-state index in [9.17, 15) is 14.4 Å². The minimum absolute atomic E-state index is 0.0704. The number of carbonyl (C=O) groups excluding carboxylic acids is 3. The predicted octanol–water partition coefficient (Wildman–Crippen LogP) is 2.93. The maximum absolute atomic E-state index is 13.3. The molecule has 0 saturated carbocycles. The Balaban J connectivity index is 1.54. The Labute approximate surface area is 211 Å². The van der Waals surface area contributed by atoms with Gasteiger partial charge in [0.25, 0.3) is 5.91 Å². The standard InChI is InChI=1S/C27H33N3O6/c1-34-22-14-19(15-23(35-2)26(22)36-3)21(30-17-18-8-4-5-9-20(18)27(30)33)16-24(31)28-11-7-13-29-12-6-10-25(29)32/h4-5,8-9,14-15,21H,6-7,10-13,16-17H2,1-3H3,(H,28,31). The molecule has 0 bridgehead atoms. The van der Waals surface area contributed by atoms with Gasteiger partial charge < -0.3 is 29.3 Å². The highest BCUT2D eigenvalue weighted by molar-refractivity contribution is 5.99. The number of hydrogen-bond donors (Lipinski definition) is 1. The number of likely N-dealkylation sites (tertiary alicyclic amines) is 1.